The second kappa shape index (κ2) is 7.87. The highest BCUT2D eigenvalue weighted by Gasteiger charge is 2.27. The van der Waals surface area contributed by atoms with Gasteiger partial charge in [0.15, 0.2) is 0 Å². The molecule has 22 heavy (non-hydrogen) atoms. The van der Waals surface area contributed by atoms with E-state index in [0.717, 1.165) is 0 Å². The summed E-state index contributed by atoms with van der Waals surface area (Å²) < 4.78 is 49.0. The second-order valence-electron chi connectivity index (χ2n) is 4.05. The van der Waals surface area contributed by atoms with Crippen LogP contribution in [0.15, 0.2) is 23.1 Å². The number of nitrogens with one attached hydrogen (secondary N) is 3. The zero-order valence-corrected chi connectivity index (χ0v) is 12.2. The van der Waals surface area contributed by atoms with Gasteiger partial charge < -0.3 is 10.6 Å². The van der Waals surface area contributed by atoms with Gasteiger partial charge in [0.2, 0.25) is 5.91 Å². The number of imide groups is 1. The number of carbonyl (C=O) groups is 2. The summed E-state index contributed by atoms with van der Waals surface area (Å²) >= 11 is 1.22. The van der Waals surface area contributed by atoms with Crippen LogP contribution < -0.4 is 16.0 Å². The highest BCUT2D eigenvalue weighted by Crippen LogP contribution is 2.22. The van der Waals surface area contributed by atoms with Gasteiger partial charge in [0.1, 0.15) is 12.4 Å². The first kappa shape index (κ1) is 18.1. The molecule has 0 radical (unpaired) electrons. The summed E-state index contributed by atoms with van der Waals surface area (Å²) in [7, 11) is 0. The second-order valence-corrected chi connectivity index (χ2v) is 4.90. The Bertz CT molecular complexity index is 552. The predicted molar refractivity (Wildman–Crippen MR) is 74.3 cm³/mol. The molecule has 0 aromatic heterocycles. The predicted octanol–water partition coefficient (Wildman–Crippen LogP) is 2.35. The molecular weight excluding hydrogens is 326 g/mol. The van der Waals surface area contributed by atoms with Gasteiger partial charge in [-0.25, -0.2) is 9.18 Å². The van der Waals surface area contributed by atoms with Crippen molar-refractivity contribution in [2.45, 2.75) is 11.1 Å². The molecule has 1 aromatic carbocycles. The molecule has 3 amide bonds. The Labute approximate surface area is 127 Å². The van der Waals surface area contributed by atoms with Gasteiger partial charge in [-0.05, 0) is 24.5 Å². The van der Waals surface area contributed by atoms with Crippen molar-refractivity contribution in [3.8, 4) is 0 Å². The van der Waals surface area contributed by atoms with Crippen LogP contribution in [0.1, 0.15) is 0 Å². The molecule has 0 heterocycles. The van der Waals surface area contributed by atoms with Crippen molar-refractivity contribution in [2.24, 2.45) is 0 Å². The van der Waals surface area contributed by atoms with Crippen molar-refractivity contribution in [3.05, 3.63) is 24.0 Å². The largest absolute Gasteiger partial charge is 0.405 e. The molecule has 122 valence electrons. The number of hydrogen-bond donors (Lipinski definition) is 3. The Morgan fingerprint density at radius 1 is 1.27 bits per heavy atom. The van der Waals surface area contributed by atoms with Crippen LogP contribution in [-0.2, 0) is 4.79 Å². The number of urea groups is 1. The van der Waals surface area contributed by atoms with E-state index in [4.69, 9.17) is 0 Å². The number of benzene rings is 1. The highest BCUT2D eigenvalue weighted by atomic mass is 32.2. The Balaban J connectivity index is 2.40. The molecular formula is C12H13F4N3O2S. The summed E-state index contributed by atoms with van der Waals surface area (Å²) in [5, 5.41) is 5.75. The molecule has 3 N–H and O–H groups in total. The zero-order chi connectivity index (χ0) is 16.8. The summed E-state index contributed by atoms with van der Waals surface area (Å²) in [6, 6.07) is 2.96. The molecule has 0 bridgehead atoms. The summed E-state index contributed by atoms with van der Waals surface area (Å²) in [4.78, 5) is 22.8. The number of halogens is 4. The zero-order valence-electron chi connectivity index (χ0n) is 11.4. The summed E-state index contributed by atoms with van der Waals surface area (Å²) in [5.41, 5.74) is 0.307. The van der Waals surface area contributed by atoms with Gasteiger partial charge in [-0.15, -0.1) is 11.8 Å². The van der Waals surface area contributed by atoms with Crippen LogP contribution in [0, 0.1) is 5.82 Å². The van der Waals surface area contributed by atoms with E-state index in [9.17, 15) is 27.2 Å². The first-order chi connectivity index (χ1) is 10.2. The van der Waals surface area contributed by atoms with Gasteiger partial charge >= 0.3 is 12.2 Å². The van der Waals surface area contributed by atoms with E-state index in [2.05, 4.69) is 5.32 Å². The van der Waals surface area contributed by atoms with E-state index in [-0.39, 0.29) is 0 Å². The van der Waals surface area contributed by atoms with Crippen LogP contribution in [-0.4, -0.2) is 37.5 Å². The molecule has 0 aliphatic carbocycles. The molecule has 0 aliphatic heterocycles. The van der Waals surface area contributed by atoms with Crippen LogP contribution in [0.25, 0.3) is 0 Å². The summed E-state index contributed by atoms with van der Waals surface area (Å²) in [6.45, 7) is -1.93. The first-order valence-electron chi connectivity index (χ1n) is 5.93. The molecule has 10 heteroatoms. The molecule has 0 fully saturated rings. The van der Waals surface area contributed by atoms with E-state index in [1.54, 1.807) is 11.6 Å². The number of rotatable bonds is 5. The van der Waals surface area contributed by atoms with Gasteiger partial charge in [0.05, 0.1) is 6.54 Å². The number of carbonyl (C=O) groups excluding carboxylic acids is 2. The average Bonchev–Trinajstić information content (AvgIpc) is 2.42. The molecule has 0 aliphatic rings. The van der Waals surface area contributed by atoms with Crippen molar-refractivity contribution < 1.29 is 27.2 Å². The molecule has 0 saturated heterocycles. The van der Waals surface area contributed by atoms with Gasteiger partial charge in [-0.2, -0.15) is 13.2 Å². The molecule has 1 aromatic rings. The Morgan fingerprint density at radius 2 is 1.95 bits per heavy atom. The van der Waals surface area contributed by atoms with Crippen LogP contribution in [0.4, 0.5) is 28.0 Å². The van der Waals surface area contributed by atoms with Crippen LogP contribution >= 0.6 is 11.8 Å². The van der Waals surface area contributed by atoms with Crippen LogP contribution in [0.5, 0.6) is 0 Å². The maximum atomic E-state index is 13.5. The standard InChI is InChI=1S/C12H13F4N3O2S/c1-22-9-3-2-7(4-8(9)13)17-5-10(20)19-11(21)18-6-12(14,15)16/h2-4,17H,5-6H2,1H3,(H2,18,19,20,21). The molecule has 5 nitrogen and oxygen atoms in total. The minimum atomic E-state index is -4.56. The Kier molecular flexibility index (Phi) is 6.47. The SMILES string of the molecule is CSc1ccc(NCC(=O)NC(=O)NCC(F)(F)F)cc1F. The summed E-state index contributed by atoms with van der Waals surface area (Å²) in [5.74, 6) is -1.32. The van der Waals surface area contributed by atoms with Gasteiger partial charge in [-0.1, -0.05) is 0 Å². The van der Waals surface area contributed by atoms with Gasteiger partial charge in [-0.3, -0.25) is 10.1 Å². The lowest BCUT2D eigenvalue weighted by Gasteiger charge is -2.10. The van der Waals surface area contributed by atoms with E-state index in [0.29, 0.717) is 10.6 Å². The van der Waals surface area contributed by atoms with Crippen LogP contribution in [0.3, 0.4) is 0 Å². The quantitative estimate of drug-likeness (QED) is 0.569. The van der Waals surface area contributed by atoms with E-state index in [1.165, 1.54) is 35.3 Å². The monoisotopic (exact) mass is 339 g/mol. The maximum Gasteiger partial charge on any atom is 0.405 e. The molecule has 0 unspecified atom stereocenters. The maximum absolute atomic E-state index is 13.5. The minimum Gasteiger partial charge on any atom is -0.376 e. The molecule has 0 spiro atoms. The van der Waals surface area contributed by atoms with Gasteiger partial charge in [0.25, 0.3) is 0 Å². The summed E-state index contributed by atoms with van der Waals surface area (Å²) in [6.07, 6.45) is -2.85. The first-order valence-corrected chi connectivity index (χ1v) is 7.15. The van der Waals surface area contributed by atoms with E-state index in [1.807, 2.05) is 0 Å². The fourth-order valence-electron chi connectivity index (χ4n) is 1.35. The number of amides is 3. The fraction of sp³-hybridized carbons (Fsp3) is 0.333. The minimum absolute atomic E-state index is 0.307. The molecule has 0 saturated carbocycles. The number of anilines is 1. The van der Waals surface area contributed by atoms with Crippen molar-refractivity contribution in [2.75, 3.05) is 24.7 Å². The van der Waals surface area contributed by atoms with Crippen molar-refractivity contribution >= 4 is 29.4 Å². The third kappa shape index (κ3) is 6.66. The smallest absolute Gasteiger partial charge is 0.376 e. The lowest BCUT2D eigenvalue weighted by atomic mass is 10.3. The molecule has 0 atom stereocenters. The van der Waals surface area contributed by atoms with E-state index >= 15 is 0 Å². The van der Waals surface area contributed by atoms with Crippen molar-refractivity contribution in [3.63, 3.8) is 0 Å². The number of alkyl halides is 3. The number of hydrogen-bond acceptors (Lipinski definition) is 4. The normalized spacial score (nSPS) is 11.0. The third-order valence-corrected chi connectivity index (χ3v) is 3.08. The lowest BCUT2D eigenvalue weighted by Crippen LogP contribution is -2.45. The van der Waals surface area contributed by atoms with Crippen molar-refractivity contribution in [1.82, 2.24) is 10.6 Å². The fourth-order valence-corrected chi connectivity index (χ4v) is 1.81. The third-order valence-electron chi connectivity index (χ3n) is 2.31. The topological polar surface area (TPSA) is 70.2 Å². The van der Waals surface area contributed by atoms with Crippen molar-refractivity contribution in [1.29, 1.82) is 0 Å². The van der Waals surface area contributed by atoms with E-state index < -0.39 is 37.0 Å². The number of thioether (sulfide) groups is 1. The van der Waals surface area contributed by atoms with Gasteiger partial charge in [0, 0.05) is 10.6 Å². The lowest BCUT2D eigenvalue weighted by molar-refractivity contribution is -0.124. The van der Waals surface area contributed by atoms with Crippen LogP contribution in [0.2, 0.25) is 0 Å². The Morgan fingerprint density at radius 3 is 2.50 bits per heavy atom. The molecule has 1 rings (SSSR count). The highest BCUT2D eigenvalue weighted by molar-refractivity contribution is 7.98. The Hall–Kier alpha value is -1.97. The average molecular weight is 339 g/mol.